The molecule has 0 aromatic rings. The summed E-state index contributed by atoms with van der Waals surface area (Å²) >= 11 is 0. The van der Waals surface area contributed by atoms with Gasteiger partial charge in [0, 0.05) is 0 Å². The van der Waals surface area contributed by atoms with Crippen LogP contribution in [0.4, 0.5) is 4.39 Å². The molecule has 56 valence electrons. The Balaban J connectivity index is 4.61. The van der Waals surface area contributed by atoms with Crippen molar-refractivity contribution in [2.45, 2.75) is 13.8 Å². The second-order valence-electron chi connectivity index (χ2n) is 2.37. The smallest absolute Gasteiger partial charge is 0.126 e. The van der Waals surface area contributed by atoms with Gasteiger partial charge in [0.1, 0.15) is 5.83 Å². The fraction of sp³-hybridized carbons (Fsp3) is 0.333. The lowest BCUT2D eigenvalue weighted by atomic mass is 10.0. The Morgan fingerprint density at radius 3 is 1.90 bits per heavy atom. The van der Waals surface area contributed by atoms with Gasteiger partial charge in [0.15, 0.2) is 0 Å². The van der Waals surface area contributed by atoms with E-state index >= 15 is 0 Å². The number of halogens is 1. The maximum atomic E-state index is 12.7. The summed E-state index contributed by atoms with van der Waals surface area (Å²) in [6.07, 6.45) is 2.73. The zero-order valence-electron chi connectivity index (χ0n) is 6.52. The second-order valence-corrected chi connectivity index (χ2v) is 2.37. The maximum Gasteiger partial charge on any atom is 0.126 e. The van der Waals surface area contributed by atoms with Crippen molar-refractivity contribution in [2.24, 2.45) is 5.92 Å². The molecule has 0 aromatic heterocycles. The molecule has 0 N–H and O–H groups in total. The van der Waals surface area contributed by atoms with E-state index in [-0.39, 0.29) is 11.7 Å². The van der Waals surface area contributed by atoms with E-state index in [1.54, 1.807) is 0 Å². The minimum absolute atomic E-state index is 0.176. The SMILES string of the molecule is C=C/C(F)=C(\C=C)C(C)C. The predicted octanol–water partition coefficient (Wildman–Crippen LogP) is 3.24. The molecular formula is C9H13F. The van der Waals surface area contributed by atoms with Gasteiger partial charge < -0.3 is 0 Å². The first-order valence-corrected chi connectivity index (χ1v) is 3.28. The van der Waals surface area contributed by atoms with E-state index in [1.165, 1.54) is 12.2 Å². The largest absolute Gasteiger partial charge is 0.207 e. The Morgan fingerprint density at radius 1 is 1.30 bits per heavy atom. The molecule has 0 heterocycles. The first-order valence-electron chi connectivity index (χ1n) is 3.28. The minimum Gasteiger partial charge on any atom is -0.207 e. The molecule has 0 aliphatic rings. The van der Waals surface area contributed by atoms with Crippen molar-refractivity contribution in [1.82, 2.24) is 0 Å². The zero-order valence-corrected chi connectivity index (χ0v) is 6.52. The van der Waals surface area contributed by atoms with E-state index in [9.17, 15) is 4.39 Å². The normalized spacial score (nSPS) is 12.8. The number of hydrogen-bond donors (Lipinski definition) is 0. The van der Waals surface area contributed by atoms with E-state index in [0.29, 0.717) is 5.57 Å². The van der Waals surface area contributed by atoms with Gasteiger partial charge in [0.25, 0.3) is 0 Å². The van der Waals surface area contributed by atoms with Gasteiger partial charge in [0.05, 0.1) is 0 Å². The van der Waals surface area contributed by atoms with Crippen molar-refractivity contribution in [3.05, 3.63) is 36.7 Å². The van der Waals surface area contributed by atoms with Crippen LogP contribution >= 0.6 is 0 Å². The van der Waals surface area contributed by atoms with Crippen molar-refractivity contribution in [3.63, 3.8) is 0 Å². The predicted molar refractivity (Wildman–Crippen MR) is 43.4 cm³/mol. The molecule has 0 bridgehead atoms. The molecule has 1 heteroatoms. The molecule has 0 nitrogen and oxygen atoms in total. The van der Waals surface area contributed by atoms with Crippen molar-refractivity contribution in [3.8, 4) is 0 Å². The van der Waals surface area contributed by atoms with Crippen LogP contribution in [-0.4, -0.2) is 0 Å². The van der Waals surface area contributed by atoms with Crippen LogP contribution in [0.5, 0.6) is 0 Å². The van der Waals surface area contributed by atoms with Crippen LogP contribution in [0.15, 0.2) is 36.7 Å². The molecule has 0 atom stereocenters. The molecule has 0 unspecified atom stereocenters. The monoisotopic (exact) mass is 140 g/mol. The van der Waals surface area contributed by atoms with Crippen molar-refractivity contribution in [1.29, 1.82) is 0 Å². The summed E-state index contributed by atoms with van der Waals surface area (Å²) in [5.41, 5.74) is 0.620. The minimum atomic E-state index is -0.273. The average molecular weight is 140 g/mol. The van der Waals surface area contributed by atoms with Crippen molar-refractivity contribution in [2.75, 3.05) is 0 Å². The zero-order chi connectivity index (χ0) is 8.15. The molecule has 0 amide bonds. The lowest BCUT2D eigenvalue weighted by molar-refractivity contribution is 0.629. The molecule has 0 rings (SSSR count). The van der Waals surface area contributed by atoms with Gasteiger partial charge in [-0.25, -0.2) is 4.39 Å². The van der Waals surface area contributed by atoms with Crippen LogP contribution in [0.25, 0.3) is 0 Å². The first kappa shape index (κ1) is 9.15. The van der Waals surface area contributed by atoms with E-state index < -0.39 is 0 Å². The lowest BCUT2D eigenvalue weighted by Crippen LogP contribution is -1.91. The molecule has 0 saturated carbocycles. The summed E-state index contributed by atoms with van der Waals surface area (Å²) < 4.78 is 12.7. The van der Waals surface area contributed by atoms with Crippen LogP contribution in [-0.2, 0) is 0 Å². The fourth-order valence-electron chi connectivity index (χ4n) is 0.727. The van der Waals surface area contributed by atoms with Crippen LogP contribution in [0.2, 0.25) is 0 Å². The van der Waals surface area contributed by atoms with Gasteiger partial charge in [-0.05, 0) is 17.6 Å². The molecular weight excluding hydrogens is 127 g/mol. The highest BCUT2D eigenvalue weighted by Crippen LogP contribution is 2.17. The van der Waals surface area contributed by atoms with E-state index in [1.807, 2.05) is 13.8 Å². The summed E-state index contributed by atoms with van der Waals surface area (Å²) in [6, 6.07) is 0. The Hall–Kier alpha value is -0.850. The number of allylic oxidation sites excluding steroid dienone is 4. The highest BCUT2D eigenvalue weighted by Gasteiger charge is 2.02. The second kappa shape index (κ2) is 4.04. The quantitative estimate of drug-likeness (QED) is 0.528. The van der Waals surface area contributed by atoms with E-state index in [4.69, 9.17) is 0 Å². The molecule has 0 saturated heterocycles. The Kier molecular flexibility index (Phi) is 3.70. The van der Waals surface area contributed by atoms with Gasteiger partial charge in [-0.2, -0.15) is 0 Å². The topological polar surface area (TPSA) is 0 Å². The average Bonchev–Trinajstić information content (AvgIpc) is 1.88. The van der Waals surface area contributed by atoms with Crippen LogP contribution < -0.4 is 0 Å². The third kappa shape index (κ3) is 2.18. The highest BCUT2D eigenvalue weighted by molar-refractivity contribution is 5.27. The summed E-state index contributed by atoms with van der Waals surface area (Å²) in [7, 11) is 0. The van der Waals surface area contributed by atoms with Crippen LogP contribution in [0, 0.1) is 5.92 Å². The first-order chi connectivity index (χ1) is 4.63. The Labute approximate surface area is 61.8 Å². The fourth-order valence-corrected chi connectivity index (χ4v) is 0.727. The van der Waals surface area contributed by atoms with Gasteiger partial charge in [-0.1, -0.05) is 33.1 Å². The third-order valence-corrected chi connectivity index (χ3v) is 1.30. The van der Waals surface area contributed by atoms with E-state index in [2.05, 4.69) is 13.2 Å². The molecule has 0 aromatic carbocycles. The Bertz CT molecular complexity index is 164. The molecule has 0 spiro atoms. The van der Waals surface area contributed by atoms with Crippen molar-refractivity contribution >= 4 is 0 Å². The van der Waals surface area contributed by atoms with Crippen LogP contribution in [0.3, 0.4) is 0 Å². The van der Waals surface area contributed by atoms with Gasteiger partial charge in [-0.15, -0.1) is 0 Å². The highest BCUT2D eigenvalue weighted by atomic mass is 19.1. The number of rotatable bonds is 3. The van der Waals surface area contributed by atoms with Crippen molar-refractivity contribution < 1.29 is 4.39 Å². The Morgan fingerprint density at radius 2 is 1.80 bits per heavy atom. The molecule has 0 radical (unpaired) electrons. The summed E-state index contributed by atoms with van der Waals surface area (Å²) in [5.74, 6) is -0.0968. The van der Waals surface area contributed by atoms with E-state index in [0.717, 1.165) is 0 Å². The summed E-state index contributed by atoms with van der Waals surface area (Å²) in [4.78, 5) is 0. The van der Waals surface area contributed by atoms with Gasteiger partial charge in [0.2, 0.25) is 0 Å². The standard InChI is InChI=1S/C9H13F/c1-5-8(7(3)4)9(10)6-2/h5-7H,1-2H2,3-4H3/b9-8-. The molecule has 0 aliphatic carbocycles. The summed E-state index contributed by atoms with van der Waals surface area (Å²) in [6.45, 7) is 10.7. The van der Waals surface area contributed by atoms with Gasteiger partial charge >= 0.3 is 0 Å². The molecule has 10 heavy (non-hydrogen) atoms. The maximum absolute atomic E-state index is 12.7. The molecule has 0 aliphatic heterocycles. The molecule has 0 fully saturated rings. The summed E-state index contributed by atoms with van der Waals surface area (Å²) in [5, 5.41) is 0. The van der Waals surface area contributed by atoms with Gasteiger partial charge in [-0.3, -0.25) is 0 Å². The lowest BCUT2D eigenvalue weighted by Gasteiger charge is -2.04. The number of hydrogen-bond acceptors (Lipinski definition) is 0. The third-order valence-electron chi connectivity index (χ3n) is 1.30. The van der Waals surface area contributed by atoms with Crippen LogP contribution in [0.1, 0.15) is 13.8 Å².